The molecule has 0 spiro atoms. The van der Waals surface area contributed by atoms with Crippen molar-refractivity contribution in [2.45, 2.75) is 26.3 Å². The third-order valence-electron chi connectivity index (χ3n) is 2.33. The SMILES string of the molecule is CC(C)C(CC(=O)O)NC(=O)Nc1cncnc1. The summed E-state index contributed by atoms with van der Waals surface area (Å²) >= 11 is 0. The van der Waals surface area contributed by atoms with E-state index in [1.54, 1.807) is 0 Å². The molecule has 0 aromatic carbocycles. The van der Waals surface area contributed by atoms with E-state index in [4.69, 9.17) is 5.11 Å². The summed E-state index contributed by atoms with van der Waals surface area (Å²) in [6.45, 7) is 3.69. The van der Waals surface area contributed by atoms with Gasteiger partial charge >= 0.3 is 12.0 Å². The number of carbonyl (C=O) groups excluding carboxylic acids is 1. The van der Waals surface area contributed by atoms with E-state index in [1.807, 2.05) is 13.8 Å². The van der Waals surface area contributed by atoms with Crippen LogP contribution in [0.25, 0.3) is 0 Å². The number of rotatable bonds is 5. The van der Waals surface area contributed by atoms with Crippen molar-refractivity contribution in [3.63, 3.8) is 0 Å². The zero-order chi connectivity index (χ0) is 13.5. The van der Waals surface area contributed by atoms with Crippen molar-refractivity contribution in [1.82, 2.24) is 15.3 Å². The van der Waals surface area contributed by atoms with E-state index in [-0.39, 0.29) is 12.3 Å². The van der Waals surface area contributed by atoms with Crippen LogP contribution in [0.2, 0.25) is 0 Å². The van der Waals surface area contributed by atoms with Crippen molar-refractivity contribution >= 4 is 17.7 Å². The molecule has 0 aliphatic heterocycles. The second-order valence-electron chi connectivity index (χ2n) is 4.17. The van der Waals surface area contributed by atoms with Crippen LogP contribution in [0.3, 0.4) is 0 Å². The average molecular weight is 252 g/mol. The van der Waals surface area contributed by atoms with E-state index in [0.29, 0.717) is 5.69 Å². The molecular formula is C11H16N4O3. The first kappa shape index (κ1) is 13.9. The minimum absolute atomic E-state index is 0.0267. The van der Waals surface area contributed by atoms with Crippen molar-refractivity contribution in [3.8, 4) is 0 Å². The minimum atomic E-state index is -0.947. The molecule has 0 aliphatic rings. The van der Waals surface area contributed by atoms with E-state index in [2.05, 4.69) is 20.6 Å². The number of carboxylic acid groups (broad SMARTS) is 1. The van der Waals surface area contributed by atoms with Gasteiger partial charge in [0.25, 0.3) is 0 Å². The molecule has 0 radical (unpaired) electrons. The number of nitrogens with one attached hydrogen (secondary N) is 2. The van der Waals surface area contributed by atoms with Crippen LogP contribution < -0.4 is 10.6 Å². The van der Waals surface area contributed by atoms with Gasteiger partial charge < -0.3 is 15.7 Å². The summed E-state index contributed by atoms with van der Waals surface area (Å²) in [6, 6.07) is -0.892. The van der Waals surface area contributed by atoms with Gasteiger partial charge in [0.2, 0.25) is 0 Å². The molecule has 0 bridgehead atoms. The first-order valence-corrected chi connectivity index (χ1v) is 5.53. The molecule has 0 saturated heterocycles. The fraction of sp³-hybridized carbons (Fsp3) is 0.455. The van der Waals surface area contributed by atoms with Gasteiger partial charge in [0.15, 0.2) is 0 Å². The van der Waals surface area contributed by atoms with Gasteiger partial charge in [-0.25, -0.2) is 14.8 Å². The Balaban J connectivity index is 2.54. The highest BCUT2D eigenvalue weighted by molar-refractivity contribution is 5.89. The zero-order valence-electron chi connectivity index (χ0n) is 10.3. The molecule has 7 heteroatoms. The Labute approximate surface area is 105 Å². The van der Waals surface area contributed by atoms with Crippen LogP contribution in [0.1, 0.15) is 20.3 Å². The van der Waals surface area contributed by atoms with Crippen molar-refractivity contribution in [1.29, 1.82) is 0 Å². The molecule has 1 aromatic rings. The van der Waals surface area contributed by atoms with E-state index in [1.165, 1.54) is 18.7 Å². The predicted octanol–water partition coefficient (Wildman–Crippen LogP) is 1.10. The zero-order valence-corrected chi connectivity index (χ0v) is 10.3. The van der Waals surface area contributed by atoms with Gasteiger partial charge in [-0.3, -0.25) is 4.79 Å². The predicted molar refractivity (Wildman–Crippen MR) is 65.1 cm³/mol. The Hall–Kier alpha value is -2.18. The third-order valence-corrected chi connectivity index (χ3v) is 2.33. The fourth-order valence-electron chi connectivity index (χ4n) is 1.34. The lowest BCUT2D eigenvalue weighted by atomic mass is 10.0. The molecule has 0 fully saturated rings. The number of aromatic nitrogens is 2. The summed E-state index contributed by atoms with van der Waals surface area (Å²) in [7, 11) is 0. The molecule has 2 amide bonds. The molecule has 1 aromatic heterocycles. The van der Waals surface area contributed by atoms with Crippen molar-refractivity contribution < 1.29 is 14.7 Å². The van der Waals surface area contributed by atoms with Crippen LogP contribution in [0.5, 0.6) is 0 Å². The van der Waals surface area contributed by atoms with E-state index in [0.717, 1.165) is 0 Å². The largest absolute Gasteiger partial charge is 0.481 e. The summed E-state index contributed by atoms with van der Waals surface area (Å²) < 4.78 is 0. The maximum absolute atomic E-state index is 11.6. The maximum Gasteiger partial charge on any atom is 0.319 e. The molecule has 1 heterocycles. The average Bonchev–Trinajstić information content (AvgIpc) is 2.28. The lowest BCUT2D eigenvalue weighted by Crippen LogP contribution is -2.42. The van der Waals surface area contributed by atoms with Crippen LogP contribution >= 0.6 is 0 Å². The second kappa shape index (κ2) is 6.53. The Bertz CT molecular complexity index is 408. The number of carbonyl (C=O) groups is 2. The Morgan fingerprint density at radius 3 is 2.44 bits per heavy atom. The molecule has 0 saturated carbocycles. The molecule has 98 valence electrons. The lowest BCUT2D eigenvalue weighted by molar-refractivity contribution is -0.137. The van der Waals surface area contributed by atoms with E-state index < -0.39 is 18.0 Å². The molecule has 0 aliphatic carbocycles. The number of urea groups is 1. The molecule has 1 unspecified atom stereocenters. The standard InChI is InChI=1S/C11H16N4O3/c1-7(2)9(3-10(16)17)15-11(18)14-8-4-12-6-13-5-8/h4-7,9H,3H2,1-2H3,(H,16,17)(H2,14,15,18). The maximum atomic E-state index is 11.6. The lowest BCUT2D eigenvalue weighted by Gasteiger charge is -2.20. The summed E-state index contributed by atoms with van der Waals surface area (Å²) in [5, 5.41) is 13.9. The van der Waals surface area contributed by atoms with Crippen LogP contribution in [0, 0.1) is 5.92 Å². The number of anilines is 1. The molecule has 7 nitrogen and oxygen atoms in total. The number of hydrogen-bond donors (Lipinski definition) is 3. The summed E-state index contributed by atoms with van der Waals surface area (Å²) in [5.74, 6) is -0.920. The quantitative estimate of drug-likeness (QED) is 0.727. The van der Waals surface area contributed by atoms with Gasteiger partial charge in [0, 0.05) is 6.04 Å². The Kier molecular flexibility index (Phi) is 5.04. The van der Waals surface area contributed by atoms with Gasteiger partial charge in [-0.2, -0.15) is 0 Å². The highest BCUT2D eigenvalue weighted by Crippen LogP contribution is 2.07. The van der Waals surface area contributed by atoms with Gasteiger partial charge in [0.05, 0.1) is 24.5 Å². The minimum Gasteiger partial charge on any atom is -0.481 e. The van der Waals surface area contributed by atoms with Crippen LogP contribution in [0.15, 0.2) is 18.7 Å². The molecule has 18 heavy (non-hydrogen) atoms. The van der Waals surface area contributed by atoms with Crippen LogP contribution in [-0.2, 0) is 4.79 Å². The Morgan fingerprint density at radius 1 is 1.33 bits per heavy atom. The number of amides is 2. The second-order valence-corrected chi connectivity index (χ2v) is 4.17. The van der Waals surface area contributed by atoms with Crippen LogP contribution in [-0.4, -0.2) is 33.1 Å². The van der Waals surface area contributed by atoms with Crippen LogP contribution in [0.4, 0.5) is 10.5 Å². The van der Waals surface area contributed by atoms with Crippen molar-refractivity contribution in [3.05, 3.63) is 18.7 Å². The monoisotopic (exact) mass is 252 g/mol. The third kappa shape index (κ3) is 4.77. The molecule has 1 rings (SSSR count). The molecule has 1 atom stereocenters. The smallest absolute Gasteiger partial charge is 0.319 e. The van der Waals surface area contributed by atoms with Gasteiger partial charge in [-0.15, -0.1) is 0 Å². The number of nitrogens with zero attached hydrogens (tertiary/aromatic N) is 2. The first-order valence-electron chi connectivity index (χ1n) is 5.53. The summed E-state index contributed by atoms with van der Waals surface area (Å²) in [5.41, 5.74) is 0.452. The van der Waals surface area contributed by atoms with Crippen molar-refractivity contribution in [2.75, 3.05) is 5.32 Å². The fourth-order valence-corrected chi connectivity index (χ4v) is 1.34. The molecular weight excluding hydrogens is 236 g/mol. The number of carboxylic acids is 1. The topological polar surface area (TPSA) is 104 Å². The van der Waals surface area contributed by atoms with E-state index >= 15 is 0 Å². The van der Waals surface area contributed by atoms with Gasteiger partial charge in [0.1, 0.15) is 6.33 Å². The summed E-state index contributed by atoms with van der Waals surface area (Å²) in [6.07, 6.45) is 4.14. The first-order chi connectivity index (χ1) is 8.49. The van der Waals surface area contributed by atoms with Crippen molar-refractivity contribution in [2.24, 2.45) is 5.92 Å². The highest BCUT2D eigenvalue weighted by atomic mass is 16.4. The number of hydrogen-bond acceptors (Lipinski definition) is 4. The normalized spacial score (nSPS) is 11.9. The van der Waals surface area contributed by atoms with E-state index in [9.17, 15) is 9.59 Å². The number of aliphatic carboxylic acids is 1. The van der Waals surface area contributed by atoms with Gasteiger partial charge in [-0.1, -0.05) is 13.8 Å². The Morgan fingerprint density at radius 2 is 1.94 bits per heavy atom. The summed E-state index contributed by atoms with van der Waals surface area (Å²) in [4.78, 5) is 29.8. The molecule has 3 N–H and O–H groups in total. The highest BCUT2D eigenvalue weighted by Gasteiger charge is 2.19. The van der Waals surface area contributed by atoms with Gasteiger partial charge in [-0.05, 0) is 5.92 Å².